The zero-order valence-corrected chi connectivity index (χ0v) is 10.1. The number of H-pyrrole nitrogens is 1. The first-order valence-corrected chi connectivity index (χ1v) is 6.41. The summed E-state index contributed by atoms with van der Waals surface area (Å²) in [4.78, 5) is 0.216. The van der Waals surface area contributed by atoms with Crippen LogP contribution in [0.2, 0.25) is 0 Å². The van der Waals surface area contributed by atoms with Crippen molar-refractivity contribution in [2.75, 3.05) is 7.05 Å². The van der Waals surface area contributed by atoms with Crippen molar-refractivity contribution >= 4 is 10.0 Å². The Hall–Kier alpha value is -0.880. The van der Waals surface area contributed by atoms with E-state index < -0.39 is 10.0 Å². The molecule has 0 spiro atoms. The van der Waals surface area contributed by atoms with Crippen molar-refractivity contribution < 1.29 is 8.42 Å². The van der Waals surface area contributed by atoms with Crippen LogP contribution in [0.1, 0.15) is 26.7 Å². The second kappa shape index (κ2) is 4.76. The summed E-state index contributed by atoms with van der Waals surface area (Å²) in [6, 6.07) is 0.00917. The summed E-state index contributed by atoms with van der Waals surface area (Å²) in [7, 11) is -1.78. The van der Waals surface area contributed by atoms with Crippen LogP contribution in [0, 0.1) is 0 Å². The molecule has 15 heavy (non-hydrogen) atoms. The molecule has 6 heteroatoms. The number of hydrogen-bond acceptors (Lipinski definition) is 3. The molecule has 1 N–H and O–H groups in total. The molecule has 0 saturated carbocycles. The van der Waals surface area contributed by atoms with Gasteiger partial charge in [-0.3, -0.25) is 5.10 Å². The van der Waals surface area contributed by atoms with Crippen molar-refractivity contribution in [1.29, 1.82) is 0 Å². The van der Waals surface area contributed by atoms with Gasteiger partial charge in [-0.1, -0.05) is 13.3 Å². The molecule has 86 valence electrons. The van der Waals surface area contributed by atoms with Crippen LogP contribution < -0.4 is 0 Å². The Morgan fingerprint density at radius 3 is 2.73 bits per heavy atom. The first-order valence-electron chi connectivity index (χ1n) is 4.97. The number of nitrogens with one attached hydrogen (secondary N) is 1. The largest absolute Gasteiger partial charge is 0.284 e. The summed E-state index contributed by atoms with van der Waals surface area (Å²) in [6.45, 7) is 3.94. The van der Waals surface area contributed by atoms with Crippen molar-refractivity contribution in [2.45, 2.75) is 37.6 Å². The van der Waals surface area contributed by atoms with E-state index in [4.69, 9.17) is 0 Å². The molecule has 0 aliphatic carbocycles. The monoisotopic (exact) mass is 231 g/mol. The molecule has 1 aromatic heterocycles. The van der Waals surface area contributed by atoms with Crippen LogP contribution in [0.4, 0.5) is 0 Å². The number of rotatable bonds is 5. The normalized spacial score (nSPS) is 14.4. The van der Waals surface area contributed by atoms with Crippen LogP contribution in [0.5, 0.6) is 0 Å². The SMILES string of the molecule is CCCC(C)N(C)S(=O)(=O)c1cn[nH]c1. The van der Waals surface area contributed by atoms with Gasteiger partial charge in [-0.25, -0.2) is 8.42 Å². The van der Waals surface area contributed by atoms with Gasteiger partial charge in [0.15, 0.2) is 0 Å². The lowest BCUT2D eigenvalue weighted by molar-refractivity contribution is 0.369. The van der Waals surface area contributed by atoms with Crippen molar-refractivity contribution in [3.8, 4) is 0 Å². The van der Waals surface area contributed by atoms with Crippen LogP contribution in [0.3, 0.4) is 0 Å². The Labute approximate surface area is 90.5 Å². The molecule has 1 aromatic rings. The fourth-order valence-electron chi connectivity index (χ4n) is 1.38. The molecule has 5 nitrogen and oxygen atoms in total. The Balaban J connectivity index is 2.88. The first kappa shape index (κ1) is 12.2. The molecule has 1 unspecified atom stereocenters. The maximum atomic E-state index is 12.0. The summed E-state index contributed by atoms with van der Waals surface area (Å²) in [5.74, 6) is 0. The second-order valence-corrected chi connectivity index (χ2v) is 5.59. The third-order valence-electron chi connectivity index (χ3n) is 2.48. The van der Waals surface area contributed by atoms with E-state index in [0.29, 0.717) is 0 Å². The number of nitrogens with zero attached hydrogens (tertiary/aromatic N) is 2. The van der Waals surface area contributed by atoms with E-state index in [1.807, 2.05) is 13.8 Å². The van der Waals surface area contributed by atoms with E-state index in [-0.39, 0.29) is 10.9 Å². The maximum Gasteiger partial charge on any atom is 0.246 e. The summed E-state index contributed by atoms with van der Waals surface area (Å²) in [6.07, 6.45) is 4.54. The van der Waals surface area contributed by atoms with Gasteiger partial charge in [0.1, 0.15) is 4.90 Å². The van der Waals surface area contributed by atoms with E-state index in [2.05, 4.69) is 10.2 Å². The topological polar surface area (TPSA) is 66.1 Å². The van der Waals surface area contributed by atoms with Crippen LogP contribution in [-0.4, -0.2) is 36.0 Å². The van der Waals surface area contributed by atoms with Gasteiger partial charge in [-0.05, 0) is 13.3 Å². The third kappa shape index (κ3) is 2.57. The number of sulfonamides is 1. The molecule has 1 heterocycles. The molecule has 1 rings (SSSR count). The van der Waals surface area contributed by atoms with Crippen molar-refractivity contribution in [2.24, 2.45) is 0 Å². The number of aromatic amines is 1. The second-order valence-electron chi connectivity index (χ2n) is 3.59. The molecule has 0 amide bonds. The lowest BCUT2D eigenvalue weighted by atomic mass is 10.2. The Morgan fingerprint density at radius 2 is 2.27 bits per heavy atom. The zero-order valence-electron chi connectivity index (χ0n) is 9.27. The predicted molar refractivity (Wildman–Crippen MR) is 57.9 cm³/mol. The van der Waals surface area contributed by atoms with Crippen LogP contribution in [0.15, 0.2) is 17.3 Å². The van der Waals surface area contributed by atoms with Crippen LogP contribution in [0.25, 0.3) is 0 Å². The van der Waals surface area contributed by atoms with Gasteiger partial charge >= 0.3 is 0 Å². The summed E-state index contributed by atoms with van der Waals surface area (Å²) >= 11 is 0. The van der Waals surface area contributed by atoms with Gasteiger partial charge < -0.3 is 0 Å². The highest BCUT2D eigenvalue weighted by Gasteiger charge is 2.25. The first-order chi connectivity index (χ1) is 7.00. The molecule has 0 fully saturated rings. The highest BCUT2D eigenvalue weighted by atomic mass is 32.2. The fourth-order valence-corrected chi connectivity index (χ4v) is 2.68. The Kier molecular flexibility index (Phi) is 3.87. The van der Waals surface area contributed by atoms with Gasteiger partial charge in [0.25, 0.3) is 0 Å². The molecule has 1 atom stereocenters. The minimum Gasteiger partial charge on any atom is -0.284 e. The molecule has 0 radical (unpaired) electrons. The summed E-state index contributed by atoms with van der Waals surface area (Å²) in [5, 5.41) is 6.15. The average Bonchev–Trinajstić information content (AvgIpc) is 2.70. The third-order valence-corrected chi connectivity index (χ3v) is 4.41. The van der Waals surface area contributed by atoms with Gasteiger partial charge in [-0.2, -0.15) is 9.40 Å². The predicted octanol–water partition coefficient (Wildman–Crippen LogP) is 1.22. The molecular formula is C9H17N3O2S. The Morgan fingerprint density at radius 1 is 1.60 bits per heavy atom. The van der Waals surface area contributed by atoms with Crippen LogP contribution >= 0.6 is 0 Å². The molecule has 0 saturated heterocycles. The number of hydrogen-bond donors (Lipinski definition) is 1. The van der Waals surface area contributed by atoms with Gasteiger partial charge in [0, 0.05) is 19.3 Å². The standard InChI is InChI=1S/C9H17N3O2S/c1-4-5-8(2)12(3)15(13,14)9-6-10-11-7-9/h6-8H,4-5H2,1-3H3,(H,10,11). The zero-order chi connectivity index (χ0) is 11.5. The van der Waals surface area contributed by atoms with Crippen molar-refractivity contribution in [3.63, 3.8) is 0 Å². The minimum absolute atomic E-state index is 0.00917. The van der Waals surface area contributed by atoms with Crippen molar-refractivity contribution in [3.05, 3.63) is 12.4 Å². The smallest absolute Gasteiger partial charge is 0.246 e. The molecule has 0 aliphatic heterocycles. The average molecular weight is 231 g/mol. The molecule has 0 aliphatic rings. The molecule has 0 aromatic carbocycles. The fraction of sp³-hybridized carbons (Fsp3) is 0.667. The van der Waals surface area contributed by atoms with Gasteiger partial charge in [0.05, 0.1) is 6.20 Å². The van der Waals surface area contributed by atoms with E-state index in [0.717, 1.165) is 12.8 Å². The minimum atomic E-state index is -3.38. The maximum absolute atomic E-state index is 12.0. The van der Waals surface area contributed by atoms with E-state index >= 15 is 0 Å². The quantitative estimate of drug-likeness (QED) is 0.828. The lowest BCUT2D eigenvalue weighted by Crippen LogP contribution is -2.34. The van der Waals surface area contributed by atoms with Gasteiger partial charge in [-0.15, -0.1) is 0 Å². The number of aromatic nitrogens is 2. The highest BCUT2D eigenvalue weighted by molar-refractivity contribution is 7.89. The molecule has 0 bridgehead atoms. The van der Waals surface area contributed by atoms with E-state index in [9.17, 15) is 8.42 Å². The van der Waals surface area contributed by atoms with E-state index in [1.54, 1.807) is 7.05 Å². The van der Waals surface area contributed by atoms with Gasteiger partial charge in [0.2, 0.25) is 10.0 Å². The van der Waals surface area contributed by atoms with Crippen LogP contribution in [-0.2, 0) is 10.0 Å². The summed E-state index contributed by atoms with van der Waals surface area (Å²) < 4.78 is 25.3. The lowest BCUT2D eigenvalue weighted by Gasteiger charge is -2.22. The van der Waals surface area contributed by atoms with E-state index in [1.165, 1.54) is 16.7 Å². The van der Waals surface area contributed by atoms with Crippen molar-refractivity contribution in [1.82, 2.24) is 14.5 Å². The Bertz CT molecular complexity index is 385. The molecular weight excluding hydrogens is 214 g/mol. The summed E-state index contributed by atoms with van der Waals surface area (Å²) in [5.41, 5.74) is 0. The highest BCUT2D eigenvalue weighted by Crippen LogP contribution is 2.16.